The van der Waals surface area contributed by atoms with Gasteiger partial charge in [0.15, 0.2) is 0 Å². The van der Waals surface area contributed by atoms with Crippen LogP contribution in [0.15, 0.2) is 18.2 Å². The minimum atomic E-state index is -4.75. The van der Waals surface area contributed by atoms with Crippen LogP contribution in [-0.2, 0) is 16.6 Å². The van der Waals surface area contributed by atoms with Crippen molar-refractivity contribution in [3.63, 3.8) is 0 Å². The molecule has 0 saturated carbocycles. The Kier molecular flexibility index (Phi) is 6.87. The molecule has 1 aromatic carbocycles. The van der Waals surface area contributed by atoms with E-state index < -0.39 is 59.4 Å². The second-order valence-corrected chi connectivity index (χ2v) is 8.33. The van der Waals surface area contributed by atoms with Crippen LogP contribution in [0.25, 0.3) is 0 Å². The van der Waals surface area contributed by atoms with Gasteiger partial charge in [0, 0.05) is 31.5 Å². The molecule has 1 aromatic heterocycles. The average molecular weight is 500 g/mol. The van der Waals surface area contributed by atoms with Gasteiger partial charge in [-0.15, -0.1) is 0 Å². The van der Waals surface area contributed by atoms with Crippen molar-refractivity contribution in [2.75, 3.05) is 18.5 Å². The maximum absolute atomic E-state index is 13.6. The van der Waals surface area contributed by atoms with Crippen LogP contribution in [-0.4, -0.2) is 41.4 Å². The highest BCUT2D eigenvalue weighted by atomic mass is 35.5. The molecule has 1 atom stereocenters. The Morgan fingerprint density at radius 2 is 2.00 bits per heavy atom. The number of amides is 1. The normalized spacial score (nSPS) is 17.9. The first-order chi connectivity index (χ1) is 15.8. The third kappa shape index (κ3) is 4.43. The minimum absolute atomic E-state index is 0.0650. The van der Waals surface area contributed by atoms with E-state index in [2.05, 4.69) is 5.32 Å². The lowest BCUT2D eigenvalue weighted by molar-refractivity contribution is -0.224. The number of aromatic nitrogens is 1. The lowest BCUT2D eigenvalue weighted by Crippen LogP contribution is -2.41. The fourth-order valence-corrected chi connectivity index (χ4v) is 4.19. The summed E-state index contributed by atoms with van der Waals surface area (Å²) >= 11 is 6.25. The number of nitriles is 1. The van der Waals surface area contributed by atoms with Crippen molar-refractivity contribution in [2.24, 2.45) is 12.5 Å². The van der Waals surface area contributed by atoms with Gasteiger partial charge in [-0.25, -0.2) is 4.39 Å². The molecule has 1 saturated heterocycles. The quantitative estimate of drug-likeness (QED) is 0.361. The smallest absolute Gasteiger partial charge is 0.380 e. The topological polar surface area (TPSA) is 101 Å². The van der Waals surface area contributed by atoms with Crippen molar-refractivity contribution in [3.8, 4) is 6.07 Å². The van der Waals surface area contributed by atoms with Gasteiger partial charge in [-0.3, -0.25) is 14.4 Å². The minimum Gasteiger partial charge on any atom is -0.380 e. The lowest BCUT2D eigenvalue weighted by atomic mass is 9.80. The van der Waals surface area contributed by atoms with Gasteiger partial charge in [-0.1, -0.05) is 11.6 Å². The van der Waals surface area contributed by atoms with Gasteiger partial charge in [-0.05, 0) is 31.5 Å². The number of Topliss-reactive ketones (excluding diaryl/α,β-unsaturated/α-hetero) is 2. The summed E-state index contributed by atoms with van der Waals surface area (Å²) in [6.07, 6.45) is -6.31. The average Bonchev–Trinajstić information content (AvgIpc) is 3.32. The molecule has 180 valence electrons. The van der Waals surface area contributed by atoms with Crippen molar-refractivity contribution < 1.29 is 36.7 Å². The zero-order chi connectivity index (χ0) is 25.4. The number of carbonyl (C=O) groups is 3. The molecule has 1 N–H and O–H groups in total. The number of ether oxygens (including phenoxy) is 1. The highest BCUT2D eigenvalue weighted by Crippen LogP contribution is 2.47. The molecule has 0 radical (unpaired) electrons. The first kappa shape index (κ1) is 25.4. The van der Waals surface area contributed by atoms with E-state index in [9.17, 15) is 31.9 Å². The van der Waals surface area contributed by atoms with Gasteiger partial charge in [0.25, 0.3) is 5.91 Å². The van der Waals surface area contributed by atoms with Crippen LogP contribution < -0.4 is 5.32 Å². The molecule has 1 unspecified atom stereocenters. The van der Waals surface area contributed by atoms with E-state index in [1.54, 1.807) is 6.07 Å². The van der Waals surface area contributed by atoms with Crippen LogP contribution in [0.4, 0.5) is 23.2 Å². The van der Waals surface area contributed by atoms with Gasteiger partial charge in [0.05, 0.1) is 28.2 Å². The number of nitrogens with one attached hydrogen (secondary N) is 1. The summed E-state index contributed by atoms with van der Waals surface area (Å²) in [6, 6.07) is 4.89. The van der Waals surface area contributed by atoms with Gasteiger partial charge < -0.3 is 14.6 Å². The summed E-state index contributed by atoms with van der Waals surface area (Å²) in [5, 5.41) is 10.9. The standard InChI is InChI=1S/C22H18ClF4N3O4/c1-11-16(19(32)15(31)8-21(22(25,26)27)5-6-34-10-21)17(23)18(30(11)2)20(33)29-13-3-4-14(24)12(7-13)9-28/h3-4,7H,5-6,8,10H2,1-2H3,(H,29,33). The monoisotopic (exact) mass is 499 g/mol. The van der Waals surface area contributed by atoms with Crippen molar-refractivity contribution in [1.82, 2.24) is 4.57 Å². The van der Waals surface area contributed by atoms with Crippen molar-refractivity contribution in [1.29, 1.82) is 5.26 Å². The Bertz CT molecular complexity index is 1220. The van der Waals surface area contributed by atoms with Gasteiger partial charge in [-0.2, -0.15) is 18.4 Å². The molecular weight excluding hydrogens is 482 g/mol. The highest BCUT2D eigenvalue weighted by Gasteiger charge is 2.58. The Labute approximate surface area is 196 Å². The zero-order valence-corrected chi connectivity index (χ0v) is 18.7. The number of carbonyl (C=O) groups excluding carboxylic acids is 3. The van der Waals surface area contributed by atoms with Crippen molar-refractivity contribution in [3.05, 3.63) is 51.6 Å². The Morgan fingerprint density at radius 3 is 2.56 bits per heavy atom. The second-order valence-electron chi connectivity index (χ2n) is 7.95. The van der Waals surface area contributed by atoms with E-state index in [0.29, 0.717) is 0 Å². The summed E-state index contributed by atoms with van der Waals surface area (Å²) in [6.45, 7) is 0.466. The molecule has 0 bridgehead atoms. The highest BCUT2D eigenvalue weighted by molar-refractivity contribution is 6.49. The first-order valence-corrected chi connectivity index (χ1v) is 10.3. The number of benzene rings is 1. The Hall–Kier alpha value is -3.23. The molecule has 2 aromatic rings. The summed E-state index contributed by atoms with van der Waals surface area (Å²) in [5.41, 5.74) is -3.25. The van der Waals surface area contributed by atoms with Crippen molar-refractivity contribution in [2.45, 2.75) is 25.9 Å². The molecule has 1 fully saturated rings. The van der Waals surface area contributed by atoms with Gasteiger partial charge in [0.2, 0.25) is 11.6 Å². The van der Waals surface area contributed by atoms with Crippen LogP contribution in [0.2, 0.25) is 5.02 Å². The lowest BCUT2D eigenvalue weighted by Gasteiger charge is -2.29. The molecular formula is C22H18ClF4N3O4. The summed E-state index contributed by atoms with van der Waals surface area (Å²) < 4.78 is 60.3. The first-order valence-electron chi connectivity index (χ1n) is 9.90. The van der Waals surface area contributed by atoms with Crippen LogP contribution in [0.1, 0.15) is 44.9 Å². The molecule has 34 heavy (non-hydrogen) atoms. The third-order valence-corrected chi connectivity index (χ3v) is 6.24. The molecule has 2 heterocycles. The van der Waals surface area contributed by atoms with Crippen LogP contribution >= 0.6 is 11.6 Å². The van der Waals surface area contributed by atoms with Gasteiger partial charge >= 0.3 is 6.18 Å². The molecule has 3 rings (SSSR count). The SMILES string of the molecule is Cc1c(C(=O)C(=O)CC2(C(F)(F)F)CCOC2)c(Cl)c(C(=O)Nc2ccc(F)c(C#N)c2)n1C. The van der Waals surface area contributed by atoms with E-state index in [-0.39, 0.29) is 34.8 Å². The second kappa shape index (κ2) is 9.19. The molecule has 1 aliphatic heterocycles. The number of ketones is 2. The predicted molar refractivity (Wildman–Crippen MR) is 112 cm³/mol. The van der Waals surface area contributed by atoms with E-state index >= 15 is 0 Å². The van der Waals surface area contributed by atoms with Crippen molar-refractivity contribution >= 4 is 34.8 Å². The molecule has 1 amide bonds. The Balaban J connectivity index is 1.90. The number of hydrogen-bond acceptors (Lipinski definition) is 5. The number of halogens is 5. The van der Waals surface area contributed by atoms with E-state index in [1.165, 1.54) is 24.6 Å². The Morgan fingerprint density at radius 1 is 1.32 bits per heavy atom. The number of alkyl halides is 3. The fourth-order valence-electron chi connectivity index (χ4n) is 3.75. The molecule has 12 heteroatoms. The maximum atomic E-state index is 13.6. The van der Waals surface area contributed by atoms with Crippen LogP contribution in [0.5, 0.6) is 0 Å². The largest absolute Gasteiger partial charge is 0.397 e. The maximum Gasteiger partial charge on any atom is 0.397 e. The van der Waals surface area contributed by atoms with E-state index in [1.807, 2.05) is 0 Å². The fraction of sp³-hybridized carbons (Fsp3) is 0.364. The molecule has 0 aliphatic carbocycles. The third-order valence-electron chi connectivity index (χ3n) is 5.87. The number of anilines is 1. The number of rotatable bonds is 6. The number of hydrogen-bond donors (Lipinski definition) is 1. The summed E-state index contributed by atoms with van der Waals surface area (Å²) in [7, 11) is 1.38. The van der Waals surface area contributed by atoms with Gasteiger partial charge in [0.1, 0.15) is 17.6 Å². The predicted octanol–water partition coefficient (Wildman–Crippen LogP) is 4.36. The van der Waals surface area contributed by atoms with E-state index in [4.69, 9.17) is 21.6 Å². The van der Waals surface area contributed by atoms with E-state index in [0.717, 1.165) is 12.1 Å². The zero-order valence-electron chi connectivity index (χ0n) is 18.0. The molecule has 0 spiro atoms. The summed E-state index contributed by atoms with van der Waals surface area (Å²) in [5.74, 6) is -4.18. The van der Waals surface area contributed by atoms with Crippen LogP contribution in [0, 0.1) is 29.5 Å². The van der Waals surface area contributed by atoms with Crippen LogP contribution in [0.3, 0.4) is 0 Å². The number of nitrogens with zero attached hydrogens (tertiary/aromatic N) is 2. The molecule has 1 aliphatic rings. The summed E-state index contributed by atoms with van der Waals surface area (Å²) in [4.78, 5) is 38.3. The molecule has 7 nitrogen and oxygen atoms in total.